The van der Waals surface area contributed by atoms with Crippen molar-refractivity contribution in [2.45, 2.75) is 19.4 Å². The maximum absolute atomic E-state index is 9.35. The Morgan fingerprint density at radius 3 is 2.80 bits per heavy atom. The number of hydrogen-bond donors (Lipinski definition) is 2. The number of ether oxygens (including phenoxy) is 1. The van der Waals surface area contributed by atoms with Crippen LogP contribution in [0.1, 0.15) is 23.5 Å². The highest BCUT2D eigenvalue weighted by Crippen LogP contribution is 2.38. The highest BCUT2D eigenvalue weighted by Gasteiger charge is 2.20. The summed E-state index contributed by atoms with van der Waals surface area (Å²) in [6.45, 7) is 4.74. The molecule has 9 nitrogen and oxygen atoms in total. The van der Waals surface area contributed by atoms with Gasteiger partial charge >= 0.3 is 0 Å². The molecule has 3 aromatic heterocycles. The summed E-state index contributed by atoms with van der Waals surface area (Å²) in [7, 11) is 2.07. The minimum absolute atomic E-state index is 0.256. The van der Waals surface area contributed by atoms with Crippen molar-refractivity contribution in [3.8, 4) is 17.2 Å². The van der Waals surface area contributed by atoms with Gasteiger partial charge in [0.25, 0.3) is 0 Å². The number of anilines is 2. The standard InChI is InChI=1S/C25H28N8OS/c1-32(9-5-8-20-18(14-26)23(27)31-30-20)24-22-19(17-6-3-2-4-7-17)16-35-25(22)29-21(28-24)15-33-10-12-34-13-11-33/h2-4,6-7,16H,5,8-13,15H2,1H3,(H3,27,30,31). The Hall–Kier alpha value is -3.52. The second-order valence-electron chi connectivity index (χ2n) is 8.65. The van der Waals surface area contributed by atoms with Crippen LogP contribution in [0.2, 0.25) is 0 Å². The minimum atomic E-state index is 0.256. The molecule has 0 radical (unpaired) electrons. The largest absolute Gasteiger partial charge is 0.381 e. The lowest BCUT2D eigenvalue weighted by molar-refractivity contribution is 0.0331. The summed E-state index contributed by atoms with van der Waals surface area (Å²) in [5.74, 6) is 2.02. The van der Waals surface area contributed by atoms with E-state index < -0.39 is 0 Å². The fourth-order valence-electron chi connectivity index (χ4n) is 4.40. The normalized spacial score (nSPS) is 14.3. The molecule has 10 heteroatoms. The van der Waals surface area contributed by atoms with E-state index in [2.05, 4.69) is 62.8 Å². The summed E-state index contributed by atoms with van der Waals surface area (Å²) in [5, 5.41) is 19.5. The lowest BCUT2D eigenvalue weighted by Crippen LogP contribution is -2.36. The van der Waals surface area contributed by atoms with E-state index in [1.807, 2.05) is 6.07 Å². The topological polar surface area (TPSA) is 120 Å². The van der Waals surface area contributed by atoms with E-state index in [0.29, 0.717) is 18.5 Å². The van der Waals surface area contributed by atoms with Crippen molar-refractivity contribution in [1.82, 2.24) is 25.1 Å². The Morgan fingerprint density at radius 2 is 2.03 bits per heavy atom. The van der Waals surface area contributed by atoms with Gasteiger partial charge in [0.2, 0.25) is 0 Å². The number of morpholine rings is 1. The molecular weight excluding hydrogens is 460 g/mol. The molecule has 1 aliphatic rings. The Balaban J connectivity index is 1.44. The first kappa shape index (κ1) is 23.2. The molecule has 0 aliphatic carbocycles. The number of aromatic amines is 1. The Kier molecular flexibility index (Phi) is 6.90. The molecule has 0 bridgehead atoms. The van der Waals surface area contributed by atoms with Gasteiger partial charge in [-0.25, -0.2) is 9.97 Å². The molecule has 5 rings (SSSR count). The first-order valence-corrected chi connectivity index (χ1v) is 12.6. The van der Waals surface area contributed by atoms with Gasteiger partial charge in [0, 0.05) is 37.6 Å². The van der Waals surface area contributed by atoms with Gasteiger partial charge in [-0.2, -0.15) is 10.4 Å². The number of hydrogen-bond acceptors (Lipinski definition) is 9. The summed E-state index contributed by atoms with van der Waals surface area (Å²) in [5.41, 5.74) is 9.31. The molecule has 0 amide bonds. The van der Waals surface area contributed by atoms with Crippen LogP contribution in [0.3, 0.4) is 0 Å². The molecule has 0 saturated carbocycles. The molecule has 0 spiro atoms. The fraction of sp³-hybridized carbons (Fsp3) is 0.360. The quantitative estimate of drug-likeness (QED) is 0.387. The van der Waals surface area contributed by atoms with Crippen molar-refractivity contribution in [3.05, 3.63) is 52.8 Å². The van der Waals surface area contributed by atoms with Crippen LogP contribution < -0.4 is 10.6 Å². The smallest absolute Gasteiger partial charge is 0.163 e. The van der Waals surface area contributed by atoms with Gasteiger partial charge in [0.1, 0.15) is 28.1 Å². The van der Waals surface area contributed by atoms with E-state index in [1.165, 1.54) is 0 Å². The number of aromatic nitrogens is 4. The summed E-state index contributed by atoms with van der Waals surface area (Å²) >= 11 is 1.66. The van der Waals surface area contributed by atoms with Gasteiger partial charge in [0.05, 0.1) is 30.8 Å². The predicted molar refractivity (Wildman–Crippen MR) is 138 cm³/mol. The van der Waals surface area contributed by atoms with Crippen molar-refractivity contribution >= 4 is 33.2 Å². The zero-order valence-corrected chi connectivity index (χ0v) is 20.5. The van der Waals surface area contributed by atoms with Crippen LogP contribution in [0.5, 0.6) is 0 Å². The van der Waals surface area contributed by atoms with Crippen LogP contribution in [0, 0.1) is 11.3 Å². The van der Waals surface area contributed by atoms with Crippen LogP contribution in [0.4, 0.5) is 11.6 Å². The third kappa shape index (κ3) is 4.98. The first-order valence-electron chi connectivity index (χ1n) is 11.7. The van der Waals surface area contributed by atoms with Gasteiger partial charge in [-0.1, -0.05) is 30.3 Å². The van der Waals surface area contributed by atoms with Crippen LogP contribution >= 0.6 is 11.3 Å². The van der Waals surface area contributed by atoms with Crippen LogP contribution in [0.25, 0.3) is 21.3 Å². The number of nitrogen functional groups attached to an aromatic ring is 1. The monoisotopic (exact) mass is 488 g/mol. The van der Waals surface area contributed by atoms with E-state index in [4.69, 9.17) is 20.4 Å². The number of benzene rings is 1. The number of nitrogens with one attached hydrogen (secondary N) is 1. The van der Waals surface area contributed by atoms with Crippen LogP contribution in [0.15, 0.2) is 35.7 Å². The van der Waals surface area contributed by atoms with Crippen molar-refractivity contribution < 1.29 is 4.74 Å². The molecule has 4 aromatic rings. The number of thiophene rings is 1. The van der Waals surface area contributed by atoms with Gasteiger partial charge in [-0.3, -0.25) is 10.00 Å². The van der Waals surface area contributed by atoms with Gasteiger partial charge in [-0.15, -0.1) is 11.3 Å². The highest BCUT2D eigenvalue weighted by molar-refractivity contribution is 7.17. The second-order valence-corrected chi connectivity index (χ2v) is 9.50. The average Bonchev–Trinajstić information content (AvgIpc) is 3.47. The van der Waals surface area contributed by atoms with Crippen molar-refractivity contribution in [3.63, 3.8) is 0 Å². The molecule has 0 unspecified atom stereocenters. The van der Waals surface area contributed by atoms with Crippen molar-refractivity contribution in [1.29, 1.82) is 5.26 Å². The number of H-pyrrole nitrogens is 1. The molecule has 4 heterocycles. The lowest BCUT2D eigenvalue weighted by Gasteiger charge is -2.26. The lowest BCUT2D eigenvalue weighted by atomic mass is 10.1. The number of fused-ring (bicyclic) bond motifs is 1. The fourth-order valence-corrected chi connectivity index (χ4v) is 5.36. The van der Waals surface area contributed by atoms with Crippen molar-refractivity contribution in [2.75, 3.05) is 50.5 Å². The van der Waals surface area contributed by atoms with E-state index in [9.17, 15) is 5.26 Å². The Labute approximate surface area is 208 Å². The number of nitrogens with two attached hydrogens (primary N) is 1. The molecule has 180 valence electrons. The zero-order valence-electron chi connectivity index (χ0n) is 19.7. The van der Waals surface area contributed by atoms with E-state index in [-0.39, 0.29) is 5.82 Å². The molecule has 3 N–H and O–H groups in total. The highest BCUT2D eigenvalue weighted by atomic mass is 32.1. The maximum atomic E-state index is 9.35. The van der Waals surface area contributed by atoms with Gasteiger partial charge in [0.15, 0.2) is 5.82 Å². The molecule has 1 saturated heterocycles. The first-order chi connectivity index (χ1) is 17.1. The number of rotatable bonds is 8. The Morgan fingerprint density at radius 1 is 1.23 bits per heavy atom. The number of nitrogens with zero attached hydrogens (tertiary/aromatic N) is 6. The SMILES string of the molecule is CN(CCCc1[nH]nc(N)c1C#N)c1nc(CN2CCOCC2)nc2scc(-c3ccccc3)c12. The number of nitriles is 1. The van der Waals surface area contributed by atoms with Crippen LogP contribution in [-0.2, 0) is 17.7 Å². The molecule has 35 heavy (non-hydrogen) atoms. The third-order valence-electron chi connectivity index (χ3n) is 6.28. The van der Waals surface area contributed by atoms with Gasteiger partial charge in [-0.05, 0) is 18.4 Å². The van der Waals surface area contributed by atoms with Crippen LogP contribution in [-0.4, -0.2) is 65.0 Å². The maximum Gasteiger partial charge on any atom is 0.163 e. The van der Waals surface area contributed by atoms with E-state index in [0.717, 1.165) is 77.9 Å². The summed E-state index contributed by atoms with van der Waals surface area (Å²) in [6, 6.07) is 12.5. The Bertz CT molecular complexity index is 1340. The molecular formula is C25H28N8OS. The second kappa shape index (κ2) is 10.4. The number of aryl methyl sites for hydroxylation is 1. The minimum Gasteiger partial charge on any atom is -0.381 e. The zero-order chi connectivity index (χ0) is 24.2. The van der Waals surface area contributed by atoms with E-state index in [1.54, 1.807) is 11.3 Å². The van der Waals surface area contributed by atoms with Crippen molar-refractivity contribution in [2.24, 2.45) is 0 Å². The van der Waals surface area contributed by atoms with Gasteiger partial charge < -0.3 is 15.4 Å². The molecule has 1 fully saturated rings. The third-order valence-corrected chi connectivity index (χ3v) is 7.15. The predicted octanol–water partition coefficient (Wildman–Crippen LogP) is 3.44. The molecule has 1 aliphatic heterocycles. The van der Waals surface area contributed by atoms with E-state index >= 15 is 0 Å². The average molecular weight is 489 g/mol. The molecule has 1 aromatic carbocycles. The summed E-state index contributed by atoms with van der Waals surface area (Å²) in [4.78, 5) is 15.5. The summed E-state index contributed by atoms with van der Waals surface area (Å²) < 4.78 is 5.50. The molecule has 0 atom stereocenters. The summed E-state index contributed by atoms with van der Waals surface area (Å²) in [6.07, 6.45) is 1.50.